The van der Waals surface area contributed by atoms with Crippen LogP contribution in [0.1, 0.15) is 53.9 Å². The predicted molar refractivity (Wildman–Crippen MR) is 104 cm³/mol. The van der Waals surface area contributed by atoms with E-state index in [4.69, 9.17) is 5.73 Å². The minimum Gasteiger partial charge on any atom is -0.480 e. The molecule has 0 radical (unpaired) electrons. The molecule has 3 amide bonds. The molecule has 0 aromatic rings. The Morgan fingerprint density at radius 2 is 1.71 bits per heavy atom. The van der Waals surface area contributed by atoms with Crippen molar-refractivity contribution in [2.24, 2.45) is 17.6 Å². The summed E-state index contributed by atoms with van der Waals surface area (Å²) in [7, 11) is 0. The summed E-state index contributed by atoms with van der Waals surface area (Å²) in [6.07, 6.45) is 1.69. The van der Waals surface area contributed by atoms with Crippen LogP contribution in [0.3, 0.4) is 0 Å². The Hall–Kier alpha value is -2.16. The first-order valence-electron chi connectivity index (χ1n) is 9.90. The van der Waals surface area contributed by atoms with Crippen LogP contribution in [0.15, 0.2) is 0 Å². The molecule has 0 aromatic heterocycles. The topological polar surface area (TPSA) is 142 Å². The Morgan fingerprint density at radius 1 is 1.11 bits per heavy atom. The number of carbonyl (C=O) groups excluding carboxylic acids is 3. The fourth-order valence-corrected chi connectivity index (χ4v) is 3.21. The van der Waals surface area contributed by atoms with Gasteiger partial charge in [0.2, 0.25) is 17.7 Å². The number of nitrogens with zero attached hydrogens (tertiary/aromatic N) is 1. The van der Waals surface area contributed by atoms with Crippen LogP contribution >= 0.6 is 0 Å². The lowest BCUT2D eigenvalue weighted by atomic mass is 9.98. The van der Waals surface area contributed by atoms with E-state index < -0.39 is 42.0 Å². The zero-order valence-electron chi connectivity index (χ0n) is 17.4. The van der Waals surface area contributed by atoms with Gasteiger partial charge in [-0.3, -0.25) is 14.4 Å². The number of hydrogen-bond donors (Lipinski definition) is 4. The summed E-state index contributed by atoms with van der Waals surface area (Å²) in [4.78, 5) is 50.7. The van der Waals surface area contributed by atoms with E-state index in [1.807, 2.05) is 6.92 Å². The monoisotopic (exact) mass is 398 g/mol. The number of likely N-dealkylation sites (tertiary alicyclic amines) is 1. The Labute approximate surface area is 166 Å². The van der Waals surface area contributed by atoms with E-state index in [2.05, 4.69) is 10.6 Å². The summed E-state index contributed by atoms with van der Waals surface area (Å²) in [5.41, 5.74) is 5.58. The van der Waals surface area contributed by atoms with E-state index in [0.717, 1.165) is 0 Å². The number of amides is 3. The third-order valence-corrected chi connectivity index (χ3v) is 5.26. The van der Waals surface area contributed by atoms with Gasteiger partial charge in [0.05, 0.1) is 6.04 Å². The highest BCUT2D eigenvalue weighted by Crippen LogP contribution is 2.21. The Bertz CT molecular complexity index is 593. The third-order valence-electron chi connectivity index (χ3n) is 5.26. The normalized spacial score (nSPS) is 21.0. The van der Waals surface area contributed by atoms with E-state index in [1.54, 1.807) is 20.8 Å². The van der Waals surface area contributed by atoms with Gasteiger partial charge in [0, 0.05) is 6.54 Å². The molecule has 0 aromatic carbocycles. The lowest BCUT2D eigenvalue weighted by Crippen LogP contribution is -2.58. The first-order chi connectivity index (χ1) is 13.0. The Balaban J connectivity index is 2.94. The van der Waals surface area contributed by atoms with Crippen molar-refractivity contribution >= 4 is 23.7 Å². The molecule has 5 N–H and O–H groups in total. The van der Waals surface area contributed by atoms with Crippen molar-refractivity contribution in [3.05, 3.63) is 0 Å². The molecule has 1 rings (SSSR count). The SMILES string of the molecule is CCC(C)C(NC(=O)C1CCCN1C(=O)C(NC(=O)C(C)N)C(C)C)C(=O)O. The molecule has 1 saturated heterocycles. The second-order valence-corrected chi connectivity index (χ2v) is 7.92. The average Bonchev–Trinajstić information content (AvgIpc) is 3.11. The van der Waals surface area contributed by atoms with Gasteiger partial charge in [0.25, 0.3) is 0 Å². The van der Waals surface area contributed by atoms with Gasteiger partial charge in [-0.25, -0.2) is 4.79 Å². The molecule has 5 unspecified atom stereocenters. The van der Waals surface area contributed by atoms with E-state index in [9.17, 15) is 24.3 Å². The van der Waals surface area contributed by atoms with Gasteiger partial charge in [-0.05, 0) is 31.6 Å². The maximum absolute atomic E-state index is 13.0. The van der Waals surface area contributed by atoms with Crippen LogP contribution in [-0.4, -0.2) is 64.4 Å². The summed E-state index contributed by atoms with van der Waals surface area (Å²) in [5, 5.41) is 14.6. The van der Waals surface area contributed by atoms with Crippen LogP contribution in [0.5, 0.6) is 0 Å². The van der Waals surface area contributed by atoms with Gasteiger partial charge in [0.1, 0.15) is 18.1 Å². The van der Waals surface area contributed by atoms with Gasteiger partial charge < -0.3 is 26.4 Å². The summed E-state index contributed by atoms with van der Waals surface area (Å²) >= 11 is 0. The third kappa shape index (κ3) is 5.92. The van der Waals surface area contributed by atoms with E-state index in [1.165, 1.54) is 11.8 Å². The van der Waals surface area contributed by atoms with Crippen LogP contribution in [0.25, 0.3) is 0 Å². The number of rotatable bonds is 9. The predicted octanol–water partition coefficient (Wildman–Crippen LogP) is 0.0809. The summed E-state index contributed by atoms with van der Waals surface area (Å²) in [6, 6.07) is -3.30. The van der Waals surface area contributed by atoms with Crippen LogP contribution in [-0.2, 0) is 19.2 Å². The van der Waals surface area contributed by atoms with Gasteiger partial charge in [-0.2, -0.15) is 0 Å². The molecule has 1 aliphatic heterocycles. The van der Waals surface area contributed by atoms with Crippen molar-refractivity contribution in [2.45, 2.75) is 78.0 Å². The summed E-state index contributed by atoms with van der Waals surface area (Å²) < 4.78 is 0. The lowest BCUT2D eigenvalue weighted by Gasteiger charge is -2.31. The lowest BCUT2D eigenvalue weighted by molar-refractivity contribution is -0.146. The first-order valence-corrected chi connectivity index (χ1v) is 9.90. The molecule has 1 aliphatic rings. The summed E-state index contributed by atoms with van der Waals surface area (Å²) in [5.74, 6) is -2.78. The number of nitrogens with two attached hydrogens (primary N) is 1. The van der Waals surface area contributed by atoms with Crippen molar-refractivity contribution in [3.63, 3.8) is 0 Å². The molecule has 0 saturated carbocycles. The first kappa shape index (κ1) is 23.9. The van der Waals surface area contributed by atoms with Crippen molar-refractivity contribution in [3.8, 4) is 0 Å². The molecule has 1 heterocycles. The molecule has 0 spiro atoms. The number of carbonyl (C=O) groups is 4. The Morgan fingerprint density at radius 3 is 2.18 bits per heavy atom. The number of aliphatic carboxylic acids is 1. The number of carboxylic acid groups (broad SMARTS) is 1. The molecule has 160 valence electrons. The van der Waals surface area contributed by atoms with Gasteiger partial charge in [-0.1, -0.05) is 34.1 Å². The van der Waals surface area contributed by atoms with Crippen LogP contribution in [0.4, 0.5) is 0 Å². The highest BCUT2D eigenvalue weighted by molar-refractivity contribution is 5.94. The molecular weight excluding hydrogens is 364 g/mol. The largest absolute Gasteiger partial charge is 0.480 e. The van der Waals surface area contributed by atoms with Gasteiger partial charge in [-0.15, -0.1) is 0 Å². The molecular formula is C19H34N4O5. The second kappa shape index (κ2) is 10.4. The number of carboxylic acids is 1. The van der Waals surface area contributed by atoms with E-state index >= 15 is 0 Å². The van der Waals surface area contributed by atoms with Crippen molar-refractivity contribution in [2.75, 3.05) is 6.54 Å². The van der Waals surface area contributed by atoms with E-state index in [0.29, 0.717) is 25.8 Å². The summed E-state index contributed by atoms with van der Waals surface area (Å²) in [6.45, 7) is 9.14. The van der Waals surface area contributed by atoms with Crippen LogP contribution < -0.4 is 16.4 Å². The van der Waals surface area contributed by atoms with E-state index in [-0.39, 0.29) is 17.7 Å². The van der Waals surface area contributed by atoms with Crippen LogP contribution in [0, 0.1) is 11.8 Å². The highest BCUT2D eigenvalue weighted by Gasteiger charge is 2.40. The second-order valence-electron chi connectivity index (χ2n) is 7.92. The molecule has 28 heavy (non-hydrogen) atoms. The average molecular weight is 399 g/mol. The van der Waals surface area contributed by atoms with Gasteiger partial charge >= 0.3 is 5.97 Å². The van der Waals surface area contributed by atoms with Crippen molar-refractivity contribution < 1.29 is 24.3 Å². The zero-order valence-corrected chi connectivity index (χ0v) is 17.4. The molecule has 9 nitrogen and oxygen atoms in total. The molecule has 5 atom stereocenters. The molecule has 0 aliphatic carbocycles. The molecule has 9 heteroatoms. The number of nitrogens with one attached hydrogen (secondary N) is 2. The fraction of sp³-hybridized carbons (Fsp3) is 0.789. The molecule has 1 fully saturated rings. The maximum atomic E-state index is 13.0. The highest BCUT2D eigenvalue weighted by atomic mass is 16.4. The molecule has 0 bridgehead atoms. The quantitative estimate of drug-likeness (QED) is 0.433. The minimum absolute atomic E-state index is 0.189. The standard InChI is InChI=1S/C19H34N4O5/c1-6-11(4)15(19(27)28)22-17(25)13-8-7-9-23(13)18(26)14(10(2)3)21-16(24)12(5)20/h10-15H,6-9,20H2,1-5H3,(H,21,24)(H,22,25)(H,27,28). The van der Waals surface area contributed by atoms with Crippen LogP contribution in [0.2, 0.25) is 0 Å². The zero-order chi connectivity index (χ0) is 21.6. The smallest absolute Gasteiger partial charge is 0.326 e. The maximum Gasteiger partial charge on any atom is 0.326 e. The van der Waals surface area contributed by atoms with Gasteiger partial charge in [0.15, 0.2) is 0 Å². The van der Waals surface area contributed by atoms with Crippen molar-refractivity contribution in [1.29, 1.82) is 0 Å². The minimum atomic E-state index is -1.09. The fourth-order valence-electron chi connectivity index (χ4n) is 3.21. The number of hydrogen-bond acceptors (Lipinski definition) is 5. The Kier molecular flexibility index (Phi) is 8.87. The van der Waals surface area contributed by atoms with Crippen molar-refractivity contribution in [1.82, 2.24) is 15.5 Å².